The fourth-order valence-corrected chi connectivity index (χ4v) is 1.46. The molecular weight excluding hydrogens is 232 g/mol. The minimum Gasteiger partial charge on any atom is -0.331 e. The third-order valence-electron chi connectivity index (χ3n) is 2.46. The molecule has 0 aliphatic rings. The third-order valence-corrected chi connectivity index (χ3v) is 2.46. The molecule has 0 saturated heterocycles. The van der Waals surface area contributed by atoms with Crippen LogP contribution in [0.25, 0.3) is 0 Å². The molecule has 0 aliphatic carbocycles. The fourth-order valence-electron chi connectivity index (χ4n) is 1.46. The van der Waals surface area contributed by atoms with Gasteiger partial charge in [-0.3, -0.25) is 14.6 Å². The third kappa shape index (κ3) is 3.59. The predicted molar refractivity (Wildman–Crippen MR) is 66.9 cm³/mol. The van der Waals surface area contributed by atoms with E-state index in [4.69, 9.17) is 5.73 Å². The highest BCUT2D eigenvalue weighted by atomic mass is 16.2. The van der Waals surface area contributed by atoms with E-state index in [1.54, 1.807) is 6.92 Å². The Morgan fingerprint density at radius 1 is 1.33 bits per heavy atom. The van der Waals surface area contributed by atoms with Gasteiger partial charge >= 0.3 is 0 Å². The van der Waals surface area contributed by atoms with Crippen molar-refractivity contribution in [2.24, 2.45) is 5.73 Å². The molecule has 0 saturated carbocycles. The Balaban J connectivity index is 2.79. The number of nitrogens with two attached hydrogens (primary N) is 1. The minimum absolute atomic E-state index is 0.0310. The van der Waals surface area contributed by atoms with Gasteiger partial charge in [0.15, 0.2) is 0 Å². The summed E-state index contributed by atoms with van der Waals surface area (Å²) >= 11 is 0. The van der Waals surface area contributed by atoms with Gasteiger partial charge in [0.2, 0.25) is 11.7 Å². The molecular formula is C12H18N4O2. The van der Waals surface area contributed by atoms with Crippen molar-refractivity contribution in [1.29, 1.82) is 0 Å². The predicted octanol–water partition coefficient (Wildman–Crippen LogP) is 0.244. The molecule has 1 heterocycles. The zero-order valence-electron chi connectivity index (χ0n) is 10.8. The van der Waals surface area contributed by atoms with Crippen molar-refractivity contribution in [2.75, 3.05) is 6.54 Å². The van der Waals surface area contributed by atoms with E-state index in [0.717, 1.165) is 0 Å². The van der Waals surface area contributed by atoms with Gasteiger partial charge < -0.3 is 10.6 Å². The van der Waals surface area contributed by atoms with Crippen molar-refractivity contribution in [3.05, 3.63) is 24.3 Å². The van der Waals surface area contributed by atoms with Gasteiger partial charge in [0.05, 0.1) is 18.8 Å². The van der Waals surface area contributed by atoms with Crippen LogP contribution < -0.4 is 5.73 Å². The Morgan fingerprint density at radius 3 is 2.44 bits per heavy atom. The van der Waals surface area contributed by atoms with Gasteiger partial charge in [-0.05, 0) is 20.8 Å². The summed E-state index contributed by atoms with van der Waals surface area (Å²) in [5, 5.41) is 0. The molecule has 1 atom stereocenters. The number of hydrogen-bond donors (Lipinski definition) is 1. The van der Waals surface area contributed by atoms with E-state index in [-0.39, 0.29) is 30.0 Å². The summed E-state index contributed by atoms with van der Waals surface area (Å²) in [6.45, 7) is 5.25. The second kappa shape index (κ2) is 6.20. The monoisotopic (exact) mass is 250 g/mol. The second-order valence-electron chi connectivity index (χ2n) is 4.36. The first-order chi connectivity index (χ1) is 8.43. The first-order valence-electron chi connectivity index (χ1n) is 5.78. The van der Waals surface area contributed by atoms with Crippen LogP contribution in [0.5, 0.6) is 0 Å². The Kier molecular flexibility index (Phi) is 4.91. The molecule has 1 amide bonds. The van der Waals surface area contributed by atoms with Crippen molar-refractivity contribution in [2.45, 2.75) is 32.9 Å². The minimum atomic E-state index is -0.623. The Labute approximate surface area is 106 Å². The summed E-state index contributed by atoms with van der Waals surface area (Å²) in [5.74, 6) is -0.493. The number of hydrogen-bond acceptors (Lipinski definition) is 5. The molecule has 98 valence electrons. The molecule has 0 aromatic carbocycles. The number of ketones is 1. The van der Waals surface area contributed by atoms with E-state index in [1.807, 2.05) is 13.8 Å². The molecule has 0 radical (unpaired) electrons. The first kappa shape index (κ1) is 14.2. The van der Waals surface area contributed by atoms with Crippen LogP contribution in [0.1, 0.15) is 31.3 Å². The number of amides is 1. The Bertz CT molecular complexity index is 417. The van der Waals surface area contributed by atoms with Gasteiger partial charge in [0, 0.05) is 18.4 Å². The van der Waals surface area contributed by atoms with Crippen LogP contribution in [0.2, 0.25) is 0 Å². The number of carbonyl (C=O) groups excluding carboxylic acids is 2. The molecule has 6 heteroatoms. The zero-order valence-corrected chi connectivity index (χ0v) is 10.8. The van der Waals surface area contributed by atoms with Crippen LogP contribution in [-0.2, 0) is 4.79 Å². The first-order valence-corrected chi connectivity index (χ1v) is 5.78. The number of aromatic nitrogens is 2. The van der Waals surface area contributed by atoms with Crippen molar-refractivity contribution >= 4 is 11.7 Å². The highest BCUT2D eigenvalue weighted by Crippen LogP contribution is 2.04. The maximum Gasteiger partial charge on any atom is 0.239 e. The van der Waals surface area contributed by atoms with Crippen LogP contribution in [0.15, 0.2) is 18.6 Å². The van der Waals surface area contributed by atoms with E-state index in [2.05, 4.69) is 9.97 Å². The van der Waals surface area contributed by atoms with Gasteiger partial charge in [-0.25, -0.2) is 4.98 Å². The van der Waals surface area contributed by atoms with Gasteiger partial charge in [0.1, 0.15) is 5.69 Å². The van der Waals surface area contributed by atoms with Gasteiger partial charge in [-0.2, -0.15) is 0 Å². The molecule has 1 aromatic rings. The van der Waals surface area contributed by atoms with Gasteiger partial charge in [-0.15, -0.1) is 0 Å². The largest absolute Gasteiger partial charge is 0.331 e. The summed E-state index contributed by atoms with van der Waals surface area (Å²) in [6, 6.07) is -0.717. The fraction of sp³-hybridized carbons (Fsp3) is 0.500. The number of Topliss-reactive ketones (excluding diaryl/α,β-unsaturated/α-hetero) is 1. The molecule has 1 aromatic heterocycles. The lowest BCUT2D eigenvalue weighted by Crippen LogP contribution is -2.47. The SMILES string of the molecule is CC(C)N(CC(=O)c1cnccn1)C(=O)[C@H](C)N. The molecule has 0 bridgehead atoms. The van der Waals surface area contributed by atoms with Crippen LogP contribution in [0.3, 0.4) is 0 Å². The van der Waals surface area contributed by atoms with Gasteiger partial charge in [-0.1, -0.05) is 0 Å². The highest BCUT2D eigenvalue weighted by Gasteiger charge is 2.23. The lowest BCUT2D eigenvalue weighted by molar-refractivity contribution is -0.133. The maximum atomic E-state index is 11.9. The summed E-state index contributed by atoms with van der Waals surface area (Å²) in [5.41, 5.74) is 5.81. The van der Waals surface area contributed by atoms with Crippen LogP contribution in [0.4, 0.5) is 0 Å². The number of carbonyl (C=O) groups is 2. The smallest absolute Gasteiger partial charge is 0.239 e. The lowest BCUT2D eigenvalue weighted by Gasteiger charge is -2.27. The topological polar surface area (TPSA) is 89.2 Å². The molecule has 1 rings (SSSR count). The summed E-state index contributed by atoms with van der Waals surface area (Å²) in [6.07, 6.45) is 4.32. The average molecular weight is 250 g/mol. The lowest BCUT2D eigenvalue weighted by atomic mass is 10.2. The Hall–Kier alpha value is -1.82. The Morgan fingerprint density at radius 2 is 2.00 bits per heavy atom. The van der Waals surface area contributed by atoms with Crippen LogP contribution >= 0.6 is 0 Å². The highest BCUT2D eigenvalue weighted by molar-refractivity contribution is 5.98. The van der Waals surface area contributed by atoms with Crippen molar-refractivity contribution < 1.29 is 9.59 Å². The second-order valence-corrected chi connectivity index (χ2v) is 4.36. The normalized spacial score (nSPS) is 12.3. The maximum absolute atomic E-state index is 11.9. The van der Waals surface area contributed by atoms with Crippen molar-refractivity contribution in [3.63, 3.8) is 0 Å². The number of nitrogens with zero attached hydrogens (tertiary/aromatic N) is 3. The van der Waals surface area contributed by atoms with Crippen LogP contribution in [-0.4, -0.2) is 45.2 Å². The van der Waals surface area contributed by atoms with Crippen molar-refractivity contribution in [1.82, 2.24) is 14.9 Å². The summed E-state index contributed by atoms with van der Waals surface area (Å²) < 4.78 is 0. The molecule has 6 nitrogen and oxygen atoms in total. The molecule has 2 N–H and O–H groups in total. The van der Waals surface area contributed by atoms with E-state index >= 15 is 0 Å². The van der Waals surface area contributed by atoms with Crippen LogP contribution in [0, 0.1) is 0 Å². The van der Waals surface area contributed by atoms with Gasteiger partial charge in [0.25, 0.3) is 0 Å². The standard InChI is InChI=1S/C12H18N4O2/c1-8(2)16(12(18)9(3)13)7-11(17)10-6-14-4-5-15-10/h4-6,8-9H,7,13H2,1-3H3/t9-/m0/s1. The molecule has 0 unspecified atom stereocenters. The number of rotatable bonds is 5. The van der Waals surface area contributed by atoms with E-state index in [0.29, 0.717) is 0 Å². The van der Waals surface area contributed by atoms with E-state index in [1.165, 1.54) is 23.5 Å². The summed E-state index contributed by atoms with van der Waals surface area (Å²) in [7, 11) is 0. The van der Waals surface area contributed by atoms with Crippen molar-refractivity contribution in [3.8, 4) is 0 Å². The molecule has 0 aliphatic heterocycles. The molecule has 0 fully saturated rings. The van der Waals surface area contributed by atoms with E-state index < -0.39 is 6.04 Å². The molecule has 0 spiro atoms. The molecule has 18 heavy (non-hydrogen) atoms. The zero-order chi connectivity index (χ0) is 13.7. The average Bonchev–Trinajstić information content (AvgIpc) is 2.35. The van der Waals surface area contributed by atoms with E-state index in [9.17, 15) is 9.59 Å². The summed E-state index contributed by atoms with van der Waals surface area (Å²) in [4.78, 5) is 33.0. The quantitative estimate of drug-likeness (QED) is 0.756.